The summed E-state index contributed by atoms with van der Waals surface area (Å²) in [5.74, 6) is -0.0731. The highest BCUT2D eigenvalue weighted by Gasteiger charge is 2.38. The molecule has 0 radical (unpaired) electrons. The number of tetrazole rings is 1. The summed E-state index contributed by atoms with van der Waals surface area (Å²) in [6.45, 7) is 0. The van der Waals surface area contributed by atoms with Gasteiger partial charge < -0.3 is 0 Å². The number of hydrogen-bond acceptors (Lipinski definition) is 6. The smallest absolute Gasteiger partial charge is 0.235 e. The predicted octanol–water partition coefficient (Wildman–Crippen LogP) is 3.87. The first-order chi connectivity index (χ1) is 12.5. The van der Waals surface area contributed by atoms with Crippen LogP contribution in [0.25, 0.3) is 27.8 Å². The van der Waals surface area contributed by atoms with Crippen molar-refractivity contribution in [3.63, 3.8) is 0 Å². The van der Waals surface area contributed by atoms with Gasteiger partial charge in [-0.15, -0.1) is 16.4 Å². The van der Waals surface area contributed by atoms with Crippen LogP contribution in [0.15, 0.2) is 54.0 Å². The molecule has 4 rings (SSSR count). The average Bonchev–Trinajstić information content (AvgIpc) is 3.33. The molecular formula is C16H9F3N6S. The number of rotatable bonds is 3. The van der Waals surface area contributed by atoms with Crippen LogP contribution < -0.4 is 0 Å². The van der Waals surface area contributed by atoms with E-state index in [1.54, 1.807) is 47.8 Å². The van der Waals surface area contributed by atoms with Crippen LogP contribution in [0.1, 0.15) is 5.69 Å². The molecule has 0 fully saturated rings. The molecule has 0 aliphatic carbocycles. The maximum Gasteiger partial charge on any atom is 0.434 e. The quantitative estimate of drug-likeness (QED) is 0.545. The minimum absolute atomic E-state index is 0.00908. The summed E-state index contributed by atoms with van der Waals surface area (Å²) in [7, 11) is 0. The van der Waals surface area contributed by atoms with Crippen LogP contribution >= 0.6 is 11.3 Å². The molecule has 0 aliphatic rings. The normalized spacial score (nSPS) is 11.7. The van der Waals surface area contributed by atoms with Crippen molar-refractivity contribution in [2.45, 2.75) is 6.18 Å². The number of benzene rings is 1. The third-order valence-electron chi connectivity index (χ3n) is 3.51. The van der Waals surface area contributed by atoms with Crippen LogP contribution in [-0.4, -0.2) is 30.2 Å². The van der Waals surface area contributed by atoms with Gasteiger partial charge in [-0.2, -0.15) is 17.9 Å². The lowest BCUT2D eigenvalue weighted by molar-refractivity contribution is -0.140. The van der Waals surface area contributed by atoms with E-state index in [1.807, 2.05) is 0 Å². The number of nitrogens with zero attached hydrogens (tertiary/aromatic N) is 6. The van der Waals surface area contributed by atoms with E-state index in [-0.39, 0.29) is 17.2 Å². The summed E-state index contributed by atoms with van der Waals surface area (Å²) in [5, 5.41) is 12.8. The second kappa shape index (κ2) is 6.30. The number of halogens is 3. The third kappa shape index (κ3) is 2.94. The highest BCUT2D eigenvalue weighted by atomic mass is 32.1. The molecule has 0 amide bonds. The monoisotopic (exact) mass is 374 g/mol. The Morgan fingerprint density at radius 1 is 1.00 bits per heavy atom. The molecule has 0 unspecified atom stereocenters. The van der Waals surface area contributed by atoms with E-state index < -0.39 is 11.9 Å². The molecule has 0 aliphatic heterocycles. The van der Waals surface area contributed by atoms with E-state index >= 15 is 0 Å². The first-order valence-electron chi connectivity index (χ1n) is 7.36. The van der Waals surface area contributed by atoms with E-state index in [0.29, 0.717) is 10.6 Å². The molecule has 130 valence electrons. The number of aromatic nitrogens is 6. The van der Waals surface area contributed by atoms with Crippen molar-refractivity contribution in [1.29, 1.82) is 0 Å². The number of alkyl halides is 3. The molecule has 4 aromatic rings. The van der Waals surface area contributed by atoms with Gasteiger partial charge in [-0.25, -0.2) is 9.97 Å². The van der Waals surface area contributed by atoms with Crippen molar-refractivity contribution in [3.05, 3.63) is 59.7 Å². The van der Waals surface area contributed by atoms with Gasteiger partial charge in [-0.05, 0) is 34.0 Å². The van der Waals surface area contributed by atoms with E-state index in [0.717, 1.165) is 6.20 Å². The first kappa shape index (κ1) is 16.3. The SMILES string of the molecule is FC(F)(F)c1nc(-c2cccs2)ncc1-c1nnnn1-c1ccccc1. The van der Waals surface area contributed by atoms with Crippen LogP contribution in [0.5, 0.6) is 0 Å². The summed E-state index contributed by atoms with van der Waals surface area (Å²) in [6, 6.07) is 12.0. The molecule has 3 aromatic heterocycles. The molecule has 1 aromatic carbocycles. The topological polar surface area (TPSA) is 69.4 Å². The third-order valence-corrected chi connectivity index (χ3v) is 4.38. The van der Waals surface area contributed by atoms with Gasteiger partial charge in [0.2, 0.25) is 0 Å². The largest absolute Gasteiger partial charge is 0.434 e. The molecule has 0 saturated heterocycles. The van der Waals surface area contributed by atoms with Crippen molar-refractivity contribution in [2.24, 2.45) is 0 Å². The highest BCUT2D eigenvalue weighted by Crippen LogP contribution is 2.36. The summed E-state index contributed by atoms with van der Waals surface area (Å²) in [6.07, 6.45) is -3.58. The lowest BCUT2D eigenvalue weighted by atomic mass is 10.2. The fraction of sp³-hybridized carbons (Fsp3) is 0.0625. The number of para-hydroxylation sites is 1. The summed E-state index contributed by atoms with van der Waals surface area (Å²) < 4.78 is 42.1. The van der Waals surface area contributed by atoms with Gasteiger partial charge in [-0.1, -0.05) is 24.3 Å². The summed E-state index contributed by atoms with van der Waals surface area (Å²) >= 11 is 1.26. The van der Waals surface area contributed by atoms with Crippen molar-refractivity contribution >= 4 is 11.3 Å². The Morgan fingerprint density at radius 3 is 2.50 bits per heavy atom. The Bertz CT molecular complexity index is 1030. The molecule has 3 heterocycles. The summed E-state index contributed by atoms with van der Waals surface area (Å²) in [5.41, 5.74) is -0.836. The van der Waals surface area contributed by atoms with E-state index in [9.17, 15) is 13.2 Å². The van der Waals surface area contributed by atoms with Gasteiger partial charge in [0.15, 0.2) is 17.3 Å². The average molecular weight is 374 g/mol. The first-order valence-corrected chi connectivity index (χ1v) is 8.24. The molecule has 0 bridgehead atoms. The van der Waals surface area contributed by atoms with Crippen LogP contribution in [0.2, 0.25) is 0 Å². The second-order valence-electron chi connectivity index (χ2n) is 5.18. The van der Waals surface area contributed by atoms with E-state index in [2.05, 4.69) is 25.5 Å². The minimum atomic E-state index is -4.68. The Labute approximate surface area is 149 Å². The molecule has 0 spiro atoms. The maximum atomic E-state index is 13.6. The fourth-order valence-electron chi connectivity index (χ4n) is 2.38. The zero-order valence-corrected chi connectivity index (χ0v) is 13.7. The Balaban J connectivity index is 1.89. The molecule has 0 atom stereocenters. The van der Waals surface area contributed by atoms with Crippen molar-refractivity contribution in [2.75, 3.05) is 0 Å². The molecule has 0 saturated carbocycles. The molecule has 26 heavy (non-hydrogen) atoms. The Kier molecular flexibility index (Phi) is 3.96. The lowest BCUT2D eigenvalue weighted by Crippen LogP contribution is -2.13. The van der Waals surface area contributed by atoms with Crippen LogP contribution in [-0.2, 0) is 6.18 Å². The second-order valence-corrected chi connectivity index (χ2v) is 6.13. The minimum Gasteiger partial charge on any atom is -0.235 e. The lowest BCUT2D eigenvalue weighted by Gasteiger charge is -2.12. The van der Waals surface area contributed by atoms with Crippen LogP contribution in [0.3, 0.4) is 0 Å². The van der Waals surface area contributed by atoms with Crippen LogP contribution in [0.4, 0.5) is 13.2 Å². The molecular weight excluding hydrogens is 365 g/mol. The van der Waals surface area contributed by atoms with Crippen molar-refractivity contribution in [1.82, 2.24) is 30.2 Å². The van der Waals surface area contributed by atoms with Crippen LogP contribution in [0, 0.1) is 0 Å². The van der Waals surface area contributed by atoms with Gasteiger partial charge in [0.25, 0.3) is 0 Å². The van der Waals surface area contributed by atoms with Crippen molar-refractivity contribution in [3.8, 4) is 27.8 Å². The van der Waals surface area contributed by atoms with Crippen molar-refractivity contribution < 1.29 is 13.2 Å². The molecule has 10 heteroatoms. The zero-order chi connectivity index (χ0) is 18.1. The fourth-order valence-corrected chi connectivity index (χ4v) is 3.05. The molecule has 0 N–H and O–H groups in total. The Hall–Kier alpha value is -3.14. The highest BCUT2D eigenvalue weighted by molar-refractivity contribution is 7.13. The molecule has 6 nitrogen and oxygen atoms in total. The standard InChI is InChI=1S/C16H9F3N6S/c17-16(18,19)13-11(9-20-14(21-13)12-7-4-8-26-12)15-22-23-24-25(15)10-5-2-1-3-6-10/h1-9H. The Morgan fingerprint density at radius 2 is 1.81 bits per heavy atom. The zero-order valence-electron chi connectivity index (χ0n) is 12.9. The number of hydrogen-bond donors (Lipinski definition) is 0. The van der Waals surface area contributed by atoms with Gasteiger partial charge >= 0.3 is 6.18 Å². The predicted molar refractivity (Wildman–Crippen MR) is 88.5 cm³/mol. The maximum absolute atomic E-state index is 13.6. The number of thiophene rings is 1. The van der Waals surface area contributed by atoms with Gasteiger partial charge in [0.1, 0.15) is 0 Å². The van der Waals surface area contributed by atoms with E-state index in [4.69, 9.17) is 0 Å². The summed E-state index contributed by atoms with van der Waals surface area (Å²) in [4.78, 5) is 8.37. The van der Waals surface area contributed by atoms with E-state index in [1.165, 1.54) is 16.0 Å². The van der Waals surface area contributed by atoms with Gasteiger partial charge in [0, 0.05) is 6.20 Å². The van der Waals surface area contributed by atoms with Gasteiger partial charge in [0.05, 0.1) is 16.1 Å². The van der Waals surface area contributed by atoms with Gasteiger partial charge in [-0.3, -0.25) is 0 Å².